The summed E-state index contributed by atoms with van der Waals surface area (Å²) in [5, 5.41) is 10.5. The lowest BCUT2D eigenvalue weighted by Gasteiger charge is -2.12. The Morgan fingerprint density at radius 1 is 1.38 bits per heavy atom. The lowest BCUT2D eigenvalue weighted by molar-refractivity contribution is 0.167. The number of benzene rings is 1. The molecule has 2 aromatic rings. The third-order valence-corrected chi connectivity index (χ3v) is 4.69. The Morgan fingerprint density at radius 2 is 2.14 bits per heavy atom. The third kappa shape index (κ3) is 3.78. The van der Waals surface area contributed by atoms with E-state index in [4.69, 9.17) is 0 Å². The van der Waals surface area contributed by atoms with Crippen LogP contribution in [0, 0.1) is 6.92 Å². The first kappa shape index (κ1) is 15.9. The zero-order chi connectivity index (χ0) is 15.5. The predicted molar refractivity (Wildman–Crippen MR) is 82.6 cm³/mol. The van der Waals surface area contributed by atoms with E-state index in [1.807, 2.05) is 26.0 Å². The van der Waals surface area contributed by atoms with Crippen molar-refractivity contribution in [2.75, 3.05) is 6.54 Å². The number of pyridine rings is 1. The summed E-state index contributed by atoms with van der Waals surface area (Å²) in [7, 11) is -3.69. The molecular formula is C15H20N2O3S. The van der Waals surface area contributed by atoms with Crippen LogP contribution in [0.5, 0.6) is 0 Å². The lowest BCUT2D eigenvalue weighted by Crippen LogP contribution is -2.32. The monoisotopic (exact) mass is 308 g/mol. The van der Waals surface area contributed by atoms with Gasteiger partial charge in [-0.3, -0.25) is 4.98 Å². The number of aliphatic hydroxyl groups is 1. The Morgan fingerprint density at radius 3 is 2.86 bits per heavy atom. The van der Waals surface area contributed by atoms with Crippen LogP contribution in [0.3, 0.4) is 0 Å². The van der Waals surface area contributed by atoms with Crippen molar-refractivity contribution < 1.29 is 13.5 Å². The summed E-state index contributed by atoms with van der Waals surface area (Å²) in [5.74, 6) is 0. The van der Waals surface area contributed by atoms with Crippen LogP contribution < -0.4 is 4.72 Å². The van der Waals surface area contributed by atoms with Crippen LogP contribution >= 0.6 is 0 Å². The summed E-state index contributed by atoms with van der Waals surface area (Å²) in [6, 6.07) is 6.95. The number of nitrogens with one attached hydrogen (secondary N) is 1. The molecule has 0 saturated carbocycles. The van der Waals surface area contributed by atoms with E-state index < -0.39 is 16.1 Å². The number of aryl methyl sites for hydroxylation is 1. The molecule has 0 bridgehead atoms. The number of hydrogen-bond donors (Lipinski definition) is 2. The summed E-state index contributed by atoms with van der Waals surface area (Å²) in [4.78, 5) is 4.37. The number of para-hydroxylation sites is 1. The van der Waals surface area contributed by atoms with E-state index >= 15 is 0 Å². The molecule has 2 N–H and O–H groups in total. The highest BCUT2D eigenvalue weighted by Crippen LogP contribution is 2.21. The largest absolute Gasteiger partial charge is 0.392 e. The van der Waals surface area contributed by atoms with E-state index in [0.29, 0.717) is 11.9 Å². The molecule has 0 amide bonds. The van der Waals surface area contributed by atoms with Gasteiger partial charge in [-0.15, -0.1) is 0 Å². The predicted octanol–water partition coefficient (Wildman–Crippen LogP) is 1.98. The summed E-state index contributed by atoms with van der Waals surface area (Å²) in [6.07, 6.45) is 2.34. The summed E-state index contributed by atoms with van der Waals surface area (Å²) in [5.41, 5.74) is 1.42. The second kappa shape index (κ2) is 6.51. The standard InChI is InChI=1S/C15H20N2O3S/c1-3-5-13(18)10-17-21(19,20)14-7-4-6-12-8-11(2)9-16-15(12)14/h4,6-9,13,17-18H,3,5,10H2,1-2H3. The van der Waals surface area contributed by atoms with E-state index in [-0.39, 0.29) is 11.4 Å². The second-order valence-corrected chi connectivity index (χ2v) is 6.87. The molecule has 1 atom stereocenters. The first-order valence-electron chi connectivity index (χ1n) is 6.97. The molecule has 1 aromatic heterocycles. The van der Waals surface area contributed by atoms with Crippen LogP contribution in [-0.4, -0.2) is 31.2 Å². The quantitative estimate of drug-likeness (QED) is 0.855. The van der Waals surface area contributed by atoms with Gasteiger partial charge in [-0.1, -0.05) is 25.5 Å². The van der Waals surface area contributed by atoms with Crippen molar-refractivity contribution >= 4 is 20.9 Å². The zero-order valence-electron chi connectivity index (χ0n) is 12.2. The van der Waals surface area contributed by atoms with Gasteiger partial charge in [0.25, 0.3) is 0 Å². The first-order chi connectivity index (χ1) is 9.94. The molecule has 0 aliphatic rings. The highest BCUT2D eigenvalue weighted by atomic mass is 32.2. The van der Waals surface area contributed by atoms with E-state index in [1.54, 1.807) is 12.3 Å². The fraction of sp³-hybridized carbons (Fsp3) is 0.400. The van der Waals surface area contributed by atoms with Gasteiger partial charge in [-0.2, -0.15) is 0 Å². The summed E-state index contributed by atoms with van der Waals surface area (Å²) in [6.45, 7) is 3.86. The molecule has 1 heterocycles. The summed E-state index contributed by atoms with van der Waals surface area (Å²) >= 11 is 0. The van der Waals surface area contributed by atoms with Crippen molar-refractivity contribution in [2.45, 2.75) is 37.7 Å². The Labute approximate surface area is 125 Å². The van der Waals surface area contributed by atoms with Gasteiger partial charge in [0.15, 0.2) is 0 Å². The minimum atomic E-state index is -3.69. The van der Waals surface area contributed by atoms with E-state index in [9.17, 15) is 13.5 Å². The Hall–Kier alpha value is -1.50. The number of fused-ring (bicyclic) bond motifs is 1. The van der Waals surface area contributed by atoms with Crippen molar-refractivity contribution in [1.82, 2.24) is 9.71 Å². The number of aliphatic hydroxyl groups excluding tert-OH is 1. The maximum absolute atomic E-state index is 12.4. The van der Waals surface area contributed by atoms with Gasteiger partial charge >= 0.3 is 0 Å². The molecule has 0 aliphatic heterocycles. The second-order valence-electron chi connectivity index (χ2n) is 5.13. The number of aromatic nitrogens is 1. The fourth-order valence-electron chi connectivity index (χ4n) is 2.18. The van der Waals surface area contributed by atoms with Crippen LogP contribution in [0.15, 0.2) is 35.4 Å². The van der Waals surface area contributed by atoms with Crippen molar-refractivity contribution in [2.24, 2.45) is 0 Å². The summed E-state index contributed by atoms with van der Waals surface area (Å²) < 4.78 is 27.2. The number of hydrogen-bond acceptors (Lipinski definition) is 4. The topological polar surface area (TPSA) is 79.3 Å². The van der Waals surface area contributed by atoms with Crippen LogP contribution in [0.2, 0.25) is 0 Å². The zero-order valence-corrected chi connectivity index (χ0v) is 13.0. The number of nitrogens with zero attached hydrogens (tertiary/aromatic N) is 1. The van der Waals surface area contributed by atoms with Gasteiger partial charge in [0.2, 0.25) is 10.0 Å². The van der Waals surface area contributed by atoms with Gasteiger partial charge in [0, 0.05) is 18.1 Å². The molecule has 1 aromatic carbocycles. The molecule has 0 aliphatic carbocycles. The SMILES string of the molecule is CCCC(O)CNS(=O)(=O)c1cccc2cc(C)cnc12. The van der Waals surface area contributed by atoms with E-state index in [0.717, 1.165) is 17.4 Å². The molecule has 0 spiro atoms. The highest BCUT2D eigenvalue weighted by Gasteiger charge is 2.19. The van der Waals surface area contributed by atoms with Gasteiger partial charge in [0.05, 0.1) is 11.6 Å². The average Bonchev–Trinajstić information content (AvgIpc) is 2.44. The van der Waals surface area contributed by atoms with Crippen LogP contribution in [0.4, 0.5) is 0 Å². The van der Waals surface area contributed by atoms with Gasteiger partial charge in [-0.25, -0.2) is 13.1 Å². The minimum Gasteiger partial charge on any atom is -0.392 e. The molecule has 114 valence electrons. The minimum absolute atomic E-state index is 0.0123. The van der Waals surface area contributed by atoms with Gasteiger partial charge < -0.3 is 5.11 Å². The smallest absolute Gasteiger partial charge is 0.242 e. The molecule has 5 nitrogen and oxygen atoms in total. The lowest BCUT2D eigenvalue weighted by atomic mass is 10.2. The van der Waals surface area contributed by atoms with Crippen molar-refractivity contribution in [3.63, 3.8) is 0 Å². The molecular weight excluding hydrogens is 288 g/mol. The number of rotatable bonds is 6. The highest BCUT2D eigenvalue weighted by molar-refractivity contribution is 7.89. The van der Waals surface area contributed by atoms with E-state index in [2.05, 4.69) is 9.71 Å². The third-order valence-electron chi connectivity index (χ3n) is 3.23. The van der Waals surface area contributed by atoms with Gasteiger partial charge in [-0.05, 0) is 31.0 Å². The van der Waals surface area contributed by atoms with E-state index in [1.165, 1.54) is 6.07 Å². The van der Waals surface area contributed by atoms with Crippen LogP contribution in [-0.2, 0) is 10.0 Å². The van der Waals surface area contributed by atoms with Crippen LogP contribution in [0.25, 0.3) is 10.9 Å². The molecule has 6 heteroatoms. The van der Waals surface area contributed by atoms with Crippen molar-refractivity contribution in [1.29, 1.82) is 0 Å². The molecule has 1 unspecified atom stereocenters. The van der Waals surface area contributed by atoms with Crippen molar-refractivity contribution in [3.05, 3.63) is 36.0 Å². The normalized spacial score (nSPS) is 13.5. The average molecular weight is 308 g/mol. The molecule has 0 radical (unpaired) electrons. The fourth-order valence-corrected chi connectivity index (χ4v) is 3.43. The number of sulfonamides is 1. The van der Waals surface area contributed by atoms with Crippen molar-refractivity contribution in [3.8, 4) is 0 Å². The molecule has 21 heavy (non-hydrogen) atoms. The Balaban J connectivity index is 2.32. The molecule has 0 saturated heterocycles. The maximum atomic E-state index is 12.4. The molecule has 2 rings (SSSR count). The first-order valence-corrected chi connectivity index (χ1v) is 8.45. The van der Waals surface area contributed by atoms with Gasteiger partial charge in [0.1, 0.15) is 4.90 Å². The maximum Gasteiger partial charge on any atom is 0.242 e. The molecule has 0 fully saturated rings. The Bertz CT molecular complexity index is 729. The Kier molecular flexibility index (Phi) is 4.92. The van der Waals surface area contributed by atoms with Crippen LogP contribution in [0.1, 0.15) is 25.3 Å².